The standard InChI is InChI=1S/C16H29N3O2/c1-16(2,3)19-11-12(10-14(19)20)17-15(21)18(4)13-8-6-5-7-9-13/h12-13H,5-11H2,1-4H3,(H,17,21)/t12-/m0/s1. The molecule has 2 fully saturated rings. The Morgan fingerprint density at radius 1 is 1.24 bits per heavy atom. The van der Waals surface area contributed by atoms with Crippen molar-refractivity contribution >= 4 is 11.9 Å². The van der Waals surface area contributed by atoms with Crippen LogP contribution >= 0.6 is 0 Å². The molecule has 0 bridgehead atoms. The lowest BCUT2D eigenvalue weighted by atomic mass is 9.95. The Morgan fingerprint density at radius 3 is 2.38 bits per heavy atom. The Hall–Kier alpha value is -1.26. The smallest absolute Gasteiger partial charge is 0.317 e. The molecule has 5 heteroatoms. The highest BCUT2D eigenvalue weighted by Gasteiger charge is 2.37. The molecule has 3 amide bonds. The highest BCUT2D eigenvalue weighted by Crippen LogP contribution is 2.23. The third-order valence-electron chi connectivity index (χ3n) is 4.71. The lowest BCUT2D eigenvalue weighted by Crippen LogP contribution is -2.49. The van der Waals surface area contributed by atoms with Crippen LogP contribution in [0.1, 0.15) is 59.3 Å². The van der Waals surface area contributed by atoms with Crippen LogP contribution in [0, 0.1) is 0 Å². The molecule has 5 nitrogen and oxygen atoms in total. The summed E-state index contributed by atoms with van der Waals surface area (Å²) in [6.07, 6.45) is 6.32. The second-order valence-electron chi connectivity index (χ2n) is 7.43. The van der Waals surface area contributed by atoms with Crippen LogP contribution in [0.5, 0.6) is 0 Å². The quantitative estimate of drug-likeness (QED) is 0.850. The number of nitrogens with zero attached hydrogens (tertiary/aromatic N) is 2. The van der Waals surface area contributed by atoms with E-state index in [1.165, 1.54) is 19.3 Å². The van der Waals surface area contributed by atoms with Crippen LogP contribution in [0.15, 0.2) is 0 Å². The number of urea groups is 1. The normalized spacial score (nSPS) is 24.3. The van der Waals surface area contributed by atoms with Gasteiger partial charge in [0.15, 0.2) is 0 Å². The molecule has 1 atom stereocenters. The van der Waals surface area contributed by atoms with Crippen molar-refractivity contribution in [3.8, 4) is 0 Å². The van der Waals surface area contributed by atoms with Crippen molar-refractivity contribution < 1.29 is 9.59 Å². The van der Waals surface area contributed by atoms with E-state index in [-0.39, 0.29) is 23.5 Å². The summed E-state index contributed by atoms with van der Waals surface area (Å²) in [7, 11) is 1.88. The second kappa shape index (κ2) is 6.24. The van der Waals surface area contributed by atoms with Crippen LogP contribution in [0.2, 0.25) is 0 Å². The van der Waals surface area contributed by atoms with Crippen LogP contribution in [-0.4, -0.2) is 53.0 Å². The van der Waals surface area contributed by atoms with Gasteiger partial charge in [-0.3, -0.25) is 4.79 Å². The first-order valence-corrected chi connectivity index (χ1v) is 8.13. The predicted molar refractivity (Wildman–Crippen MR) is 83.0 cm³/mol. The number of hydrogen-bond donors (Lipinski definition) is 1. The average molecular weight is 295 g/mol. The minimum atomic E-state index is -0.175. The van der Waals surface area contributed by atoms with Crippen molar-refractivity contribution in [1.82, 2.24) is 15.1 Å². The van der Waals surface area contributed by atoms with Crippen LogP contribution < -0.4 is 5.32 Å². The summed E-state index contributed by atoms with van der Waals surface area (Å²) < 4.78 is 0. The minimum Gasteiger partial charge on any atom is -0.336 e. The van der Waals surface area contributed by atoms with Gasteiger partial charge in [-0.2, -0.15) is 0 Å². The molecule has 1 aliphatic heterocycles. The summed E-state index contributed by atoms with van der Waals surface area (Å²) in [6, 6.07) is 0.264. The van der Waals surface area contributed by atoms with E-state index in [2.05, 4.69) is 5.32 Å². The third kappa shape index (κ3) is 3.89. The number of hydrogen-bond acceptors (Lipinski definition) is 2. The van der Waals surface area contributed by atoms with E-state index in [1.807, 2.05) is 37.6 Å². The van der Waals surface area contributed by atoms with Gasteiger partial charge in [0, 0.05) is 31.6 Å². The number of nitrogens with one attached hydrogen (secondary N) is 1. The fourth-order valence-corrected chi connectivity index (χ4v) is 3.36. The van der Waals surface area contributed by atoms with Gasteiger partial charge in [-0.05, 0) is 33.6 Å². The lowest BCUT2D eigenvalue weighted by molar-refractivity contribution is -0.131. The molecule has 0 radical (unpaired) electrons. The Balaban J connectivity index is 1.87. The fraction of sp³-hybridized carbons (Fsp3) is 0.875. The number of carbonyl (C=O) groups is 2. The van der Waals surface area contributed by atoms with Gasteiger partial charge in [-0.25, -0.2) is 4.79 Å². The second-order valence-corrected chi connectivity index (χ2v) is 7.43. The SMILES string of the molecule is CN(C(=O)N[C@H]1CC(=O)N(C(C)(C)C)C1)C1CCCCC1. The number of likely N-dealkylation sites (tertiary alicyclic amines) is 1. The van der Waals surface area contributed by atoms with Gasteiger partial charge in [0.2, 0.25) is 5.91 Å². The molecule has 1 aliphatic carbocycles. The van der Waals surface area contributed by atoms with E-state index in [9.17, 15) is 9.59 Å². The molecule has 2 aliphatic rings. The molecule has 1 heterocycles. The molecular formula is C16H29N3O2. The van der Waals surface area contributed by atoms with Crippen molar-refractivity contribution in [3.05, 3.63) is 0 Å². The topological polar surface area (TPSA) is 52.7 Å². The summed E-state index contributed by atoms with van der Waals surface area (Å²) in [5.41, 5.74) is -0.175. The zero-order valence-electron chi connectivity index (χ0n) is 13.8. The van der Waals surface area contributed by atoms with Crippen molar-refractivity contribution in [1.29, 1.82) is 0 Å². The molecule has 120 valence electrons. The first-order chi connectivity index (χ1) is 9.79. The Bertz CT molecular complexity index is 397. The molecule has 0 unspecified atom stereocenters. The van der Waals surface area contributed by atoms with E-state index in [0.29, 0.717) is 19.0 Å². The lowest BCUT2D eigenvalue weighted by Gasteiger charge is -2.33. The van der Waals surface area contributed by atoms with Gasteiger partial charge >= 0.3 is 6.03 Å². The van der Waals surface area contributed by atoms with E-state index in [1.54, 1.807) is 0 Å². The maximum Gasteiger partial charge on any atom is 0.317 e. The number of amides is 3. The van der Waals surface area contributed by atoms with Gasteiger partial charge in [-0.1, -0.05) is 19.3 Å². The van der Waals surface area contributed by atoms with Crippen molar-refractivity contribution in [3.63, 3.8) is 0 Å². The number of rotatable bonds is 2. The zero-order valence-corrected chi connectivity index (χ0v) is 13.8. The van der Waals surface area contributed by atoms with Crippen molar-refractivity contribution in [2.75, 3.05) is 13.6 Å². The van der Waals surface area contributed by atoms with E-state index < -0.39 is 0 Å². The third-order valence-corrected chi connectivity index (χ3v) is 4.71. The van der Waals surface area contributed by atoms with Crippen molar-refractivity contribution in [2.24, 2.45) is 0 Å². The highest BCUT2D eigenvalue weighted by molar-refractivity contribution is 5.82. The van der Waals surface area contributed by atoms with Crippen LogP contribution in [-0.2, 0) is 4.79 Å². The van der Waals surface area contributed by atoms with Gasteiger partial charge in [-0.15, -0.1) is 0 Å². The molecule has 0 spiro atoms. The molecule has 1 saturated heterocycles. The van der Waals surface area contributed by atoms with Crippen LogP contribution in [0.4, 0.5) is 4.79 Å². The maximum atomic E-state index is 12.3. The molecule has 0 aromatic carbocycles. The summed E-state index contributed by atoms with van der Waals surface area (Å²) >= 11 is 0. The Kier molecular flexibility index (Phi) is 4.79. The molecule has 21 heavy (non-hydrogen) atoms. The summed E-state index contributed by atoms with van der Waals surface area (Å²) in [6.45, 7) is 6.71. The Labute approximate surface area is 128 Å². The van der Waals surface area contributed by atoms with E-state index in [0.717, 1.165) is 12.8 Å². The largest absolute Gasteiger partial charge is 0.336 e. The van der Waals surface area contributed by atoms with E-state index >= 15 is 0 Å². The summed E-state index contributed by atoms with van der Waals surface area (Å²) in [4.78, 5) is 28.1. The minimum absolute atomic E-state index is 0.0320. The zero-order chi connectivity index (χ0) is 15.6. The van der Waals surface area contributed by atoms with Crippen LogP contribution in [0.25, 0.3) is 0 Å². The molecule has 0 aromatic rings. The fourth-order valence-electron chi connectivity index (χ4n) is 3.36. The monoisotopic (exact) mass is 295 g/mol. The van der Waals surface area contributed by atoms with Gasteiger partial charge in [0.1, 0.15) is 0 Å². The summed E-state index contributed by atoms with van der Waals surface area (Å²) in [5.74, 6) is 0.133. The van der Waals surface area contributed by atoms with Crippen LogP contribution in [0.3, 0.4) is 0 Å². The summed E-state index contributed by atoms with van der Waals surface area (Å²) in [5, 5.41) is 3.03. The maximum absolute atomic E-state index is 12.3. The average Bonchev–Trinajstić information content (AvgIpc) is 2.79. The predicted octanol–water partition coefficient (Wildman–Crippen LogP) is 2.36. The highest BCUT2D eigenvalue weighted by atomic mass is 16.2. The molecule has 1 N–H and O–H groups in total. The first kappa shape index (κ1) is 16.1. The van der Waals surface area contributed by atoms with Gasteiger partial charge in [0.05, 0.1) is 6.04 Å². The number of carbonyl (C=O) groups excluding carboxylic acids is 2. The molecule has 1 saturated carbocycles. The molecular weight excluding hydrogens is 266 g/mol. The van der Waals surface area contributed by atoms with E-state index in [4.69, 9.17) is 0 Å². The van der Waals surface area contributed by atoms with Gasteiger partial charge in [0.25, 0.3) is 0 Å². The van der Waals surface area contributed by atoms with Crippen molar-refractivity contribution in [2.45, 2.75) is 76.9 Å². The molecule has 0 aromatic heterocycles. The first-order valence-electron chi connectivity index (χ1n) is 8.13. The van der Waals surface area contributed by atoms with Gasteiger partial charge < -0.3 is 15.1 Å². The Morgan fingerprint density at radius 2 is 1.86 bits per heavy atom. The molecule has 2 rings (SSSR count).